The number of hydrogen-bond acceptors (Lipinski definition) is 3. The lowest BCUT2D eigenvalue weighted by molar-refractivity contribution is 0.0787. The molecular weight excluding hydrogens is 380 g/mol. The lowest BCUT2D eigenvalue weighted by atomic mass is 10.2. The summed E-state index contributed by atoms with van der Waals surface area (Å²) in [7, 11) is 0. The molecule has 1 saturated carbocycles. The molecule has 0 radical (unpaired) electrons. The summed E-state index contributed by atoms with van der Waals surface area (Å²) in [6.45, 7) is 1.36. The lowest BCUT2D eigenvalue weighted by Crippen LogP contribution is -2.29. The van der Waals surface area contributed by atoms with E-state index >= 15 is 0 Å². The Bertz CT molecular complexity index is 758. The Balaban J connectivity index is 1.48. The van der Waals surface area contributed by atoms with Gasteiger partial charge in [0.1, 0.15) is 0 Å². The van der Waals surface area contributed by atoms with Crippen molar-refractivity contribution in [2.45, 2.75) is 31.2 Å². The van der Waals surface area contributed by atoms with E-state index in [0.717, 1.165) is 16.6 Å². The van der Waals surface area contributed by atoms with Crippen molar-refractivity contribution in [1.82, 2.24) is 19.9 Å². The number of amides is 1. The van der Waals surface area contributed by atoms with Gasteiger partial charge in [-0.25, -0.2) is 4.68 Å². The maximum atomic E-state index is 12.7. The van der Waals surface area contributed by atoms with E-state index in [4.69, 9.17) is 11.6 Å². The van der Waals surface area contributed by atoms with Crippen molar-refractivity contribution in [3.05, 3.63) is 45.1 Å². The van der Waals surface area contributed by atoms with Crippen LogP contribution < -0.4 is 0 Å². The van der Waals surface area contributed by atoms with Crippen molar-refractivity contribution in [2.75, 3.05) is 13.1 Å². The number of nitrogens with zero attached hydrogens (tertiary/aromatic N) is 4. The van der Waals surface area contributed by atoms with Crippen LogP contribution in [0.4, 0.5) is 0 Å². The van der Waals surface area contributed by atoms with Gasteiger partial charge in [0.15, 0.2) is 0 Å². The van der Waals surface area contributed by atoms with Gasteiger partial charge in [0.25, 0.3) is 5.91 Å². The fourth-order valence-electron chi connectivity index (χ4n) is 3.01. The first-order valence-electron chi connectivity index (χ1n) is 7.78. The van der Waals surface area contributed by atoms with Crippen molar-refractivity contribution in [2.24, 2.45) is 0 Å². The summed E-state index contributed by atoms with van der Waals surface area (Å²) < 4.78 is 2.77. The normalized spacial score (nSPS) is 21.0. The van der Waals surface area contributed by atoms with Gasteiger partial charge < -0.3 is 4.90 Å². The molecule has 7 heteroatoms. The molecule has 1 saturated heterocycles. The Labute approximate surface area is 147 Å². The average molecular weight is 396 g/mol. The number of rotatable bonds is 3. The molecular formula is C16H16BrClN4O. The van der Waals surface area contributed by atoms with Gasteiger partial charge in [0.2, 0.25) is 0 Å². The number of halogens is 2. The monoisotopic (exact) mass is 394 g/mol. The Morgan fingerprint density at radius 3 is 2.91 bits per heavy atom. The second-order valence-electron chi connectivity index (χ2n) is 6.22. The minimum absolute atomic E-state index is 0.0265. The van der Waals surface area contributed by atoms with E-state index in [1.54, 1.807) is 12.1 Å². The van der Waals surface area contributed by atoms with Crippen LogP contribution in [0.25, 0.3) is 0 Å². The van der Waals surface area contributed by atoms with Crippen molar-refractivity contribution in [3.63, 3.8) is 0 Å². The van der Waals surface area contributed by atoms with Gasteiger partial charge in [-0.05, 0) is 37.5 Å². The molecule has 5 nitrogen and oxygen atoms in total. The Kier molecular flexibility index (Phi) is 3.89. The highest BCUT2D eigenvalue weighted by atomic mass is 79.9. The Hall–Kier alpha value is -1.40. The number of likely N-dealkylation sites (tertiary alicyclic amines) is 1. The predicted octanol–water partition coefficient (Wildman–Crippen LogP) is 3.66. The molecule has 0 spiro atoms. The van der Waals surface area contributed by atoms with E-state index in [1.807, 2.05) is 21.8 Å². The van der Waals surface area contributed by atoms with E-state index in [9.17, 15) is 4.79 Å². The van der Waals surface area contributed by atoms with Gasteiger partial charge >= 0.3 is 0 Å². The minimum Gasteiger partial charge on any atom is -0.336 e. The Morgan fingerprint density at radius 2 is 2.13 bits per heavy atom. The predicted molar refractivity (Wildman–Crippen MR) is 90.7 cm³/mol. The standard InChI is InChI=1S/C16H16BrClN4O/c17-11-3-4-14(18)13(7-11)16(23)21-6-5-12(8-21)22-9-15(19-20-22)10-1-2-10/h3-4,7,9-10,12H,1-2,5-6,8H2. The SMILES string of the molecule is O=C(c1cc(Br)ccc1Cl)N1CCC(n2cc(C3CC3)nn2)C1. The largest absolute Gasteiger partial charge is 0.336 e. The molecule has 1 aliphatic carbocycles. The van der Waals surface area contributed by atoms with E-state index in [0.29, 0.717) is 29.6 Å². The molecule has 4 rings (SSSR count). The molecule has 1 amide bonds. The molecule has 1 aliphatic heterocycles. The zero-order chi connectivity index (χ0) is 16.0. The second kappa shape index (κ2) is 5.91. The van der Waals surface area contributed by atoms with Crippen LogP contribution in [0.3, 0.4) is 0 Å². The van der Waals surface area contributed by atoms with E-state index in [1.165, 1.54) is 12.8 Å². The molecule has 1 atom stereocenters. The molecule has 0 bridgehead atoms. The average Bonchev–Trinajstić information content (AvgIpc) is 3.09. The summed E-state index contributed by atoms with van der Waals surface area (Å²) in [6.07, 6.45) is 5.37. The minimum atomic E-state index is -0.0265. The second-order valence-corrected chi connectivity index (χ2v) is 7.54. The van der Waals surface area contributed by atoms with Crippen LogP contribution in [0.5, 0.6) is 0 Å². The molecule has 120 valence electrons. The van der Waals surface area contributed by atoms with E-state index < -0.39 is 0 Å². The van der Waals surface area contributed by atoms with Crippen LogP contribution in [0.15, 0.2) is 28.9 Å². The van der Waals surface area contributed by atoms with Gasteiger partial charge in [-0.3, -0.25) is 4.79 Å². The summed E-state index contributed by atoms with van der Waals surface area (Å²) >= 11 is 9.56. The van der Waals surface area contributed by atoms with Crippen LogP contribution in [-0.4, -0.2) is 38.9 Å². The van der Waals surface area contributed by atoms with Crippen LogP contribution in [-0.2, 0) is 0 Å². The number of carbonyl (C=O) groups is 1. The number of aromatic nitrogens is 3. The summed E-state index contributed by atoms with van der Waals surface area (Å²) in [5.74, 6) is 0.574. The fourth-order valence-corrected chi connectivity index (χ4v) is 3.57. The molecule has 2 fully saturated rings. The van der Waals surface area contributed by atoms with Gasteiger partial charge in [-0.1, -0.05) is 32.7 Å². The lowest BCUT2D eigenvalue weighted by Gasteiger charge is -2.17. The highest BCUT2D eigenvalue weighted by Crippen LogP contribution is 2.39. The highest BCUT2D eigenvalue weighted by Gasteiger charge is 2.32. The molecule has 23 heavy (non-hydrogen) atoms. The van der Waals surface area contributed by atoms with Crippen molar-refractivity contribution < 1.29 is 4.79 Å². The molecule has 0 N–H and O–H groups in total. The highest BCUT2D eigenvalue weighted by molar-refractivity contribution is 9.10. The maximum Gasteiger partial charge on any atom is 0.255 e. The molecule has 2 heterocycles. The van der Waals surface area contributed by atoms with Crippen molar-refractivity contribution in [1.29, 1.82) is 0 Å². The van der Waals surface area contributed by atoms with Crippen LogP contribution >= 0.6 is 27.5 Å². The number of benzene rings is 1. The summed E-state index contributed by atoms with van der Waals surface area (Å²) in [5, 5.41) is 9.00. The summed E-state index contributed by atoms with van der Waals surface area (Å²) in [6, 6.07) is 5.55. The molecule has 2 aliphatic rings. The smallest absolute Gasteiger partial charge is 0.255 e. The van der Waals surface area contributed by atoms with Crippen molar-refractivity contribution >= 4 is 33.4 Å². The summed E-state index contributed by atoms with van der Waals surface area (Å²) in [4.78, 5) is 14.5. The van der Waals surface area contributed by atoms with Gasteiger partial charge in [-0.2, -0.15) is 0 Å². The molecule has 1 aromatic heterocycles. The number of hydrogen-bond donors (Lipinski definition) is 0. The van der Waals surface area contributed by atoms with Gasteiger partial charge in [0.05, 0.1) is 22.3 Å². The van der Waals surface area contributed by atoms with Gasteiger partial charge in [0, 0.05) is 29.7 Å². The third-order valence-electron chi connectivity index (χ3n) is 4.51. The van der Waals surface area contributed by atoms with E-state index in [2.05, 4.69) is 26.2 Å². The van der Waals surface area contributed by atoms with Gasteiger partial charge in [-0.15, -0.1) is 5.10 Å². The zero-order valence-corrected chi connectivity index (χ0v) is 14.8. The first-order valence-corrected chi connectivity index (χ1v) is 8.95. The third-order valence-corrected chi connectivity index (χ3v) is 5.33. The van der Waals surface area contributed by atoms with Crippen LogP contribution in [0.2, 0.25) is 5.02 Å². The first-order chi connectivity index (χ1) is 11.1. The molecule has 1 aromatic carbocycles. The van der Waals surface area contributed by atoms with Crippen LogP contribution in [0.1, 0.15) is 47.3 Å². The quantitative estimate of drug-likeness (QED) is 0.797. The number of carbonyl (C=O) groups excluding carboxylic acids is 1. The van der Waals surface area contributed by atoms with Crippen molar-refractivity contribution in [3.8, 4) is 0 Å². The first kappa shape index (κ1) is 15.1. The molecule has 1 unspecified atom stereocenters. The molecule has 2 aromatic rings. The van der Waals surface area contributed by atoms with Crippen LogP contribution in [0, 0.1) is 0 Å². The zero-order valence-electron chi connectivity index (χ0n) is 12.5. The topological polar surface area (TPSA) is 51.0 Å². The third kappa shape index (κ3) is 3.02. The fraction of sp³-hybridized carbons (Fsp3) is 0.438. The summed E-state index contributed by atoms with van der Waals surface area (Å²) in [5.41, 5.74) is 1.63. The maximum absolute atomic E-state index is 12.7. The van der Waals surface area contributed by atoms with E-state index in [-0.39, 0.29) is 11.9 Å². The Morgan fingerprint density at radius 1 is 1.30 bits per heavy atom.